The lowest BCUT2D eigenvalue weighted by molar-refractivity contribution is 0.412. The van der Waals surface area contributed by atoms with Crippen LogP contribution >= 0.6 is 0 Å². The van der Waals surface area contributed by atoms with Crippen LogP contribution in [0.15, 0.2) is 52.3 Å². The highest BCUT2D eigenvalue weighted by atomic mass is 32.2. The van der Waals surface area contributed by atoms with Crippen LogP contribution in [-0.2, 0) is 17.1 Å². The highest BCUT2D eigenvalue weighted by Crippen LogP contribution is 2.29. The monoisotopic (exact) mass is 388 g/mol. The molecule has 27 heavy (non-hydrogen) atoms. The van der Waals surface area contributed by atoms with Crippen LogP contribution in [0.1, 0.15) is 12.5 Å². The number of hydrogen-bond donors (Lipinski definition) is 0. The molecule has 1 aliphatic rings. The van der Waals surface area contributed by atoms with E-state index in [0.717, 1.165) is 5.52 Å². The first-order valence-corrected chi connectivity index (χ1v) is 10.0. The molecular weight excluding hydrogens is 368 g/mol. The molecular formula is C18H20N4O4S. The maximum absolute atomic E-state index is 13.0. The van der Waals surface area contributed by atoms with Gasteiger partial charge >= 0.3 is 5.69 Å². The van der Waals surface area contributed by atoms with Crippen LogP contribution in [0.25, 0.3) is 11.2 Å². The number of hydrogen-bond acceptors (Lipinski definition) is 5. The summed E-state index contributed by atoms with van der Waals surface area (Å²) < 4.78 is 35.7. The zero-order valence-corrected chi connectivity index (χ0v) is 15.9. The molecule has 0 bridgehead atoms. The number of aryl methyl sites for hydroxylation is 1. The minimum atomic E-state index is -3.66. The molecule has 1 fully saturated rings. The lowest BCUT2D eigenvalue weighted by Crippen LogP contribution is -2.31. The van der Waals surface area contributed by atoms with E-state index in [-0.39, 0.29) is 23.2 Å². The predicted molar refractivity (Wildman–Crippen MR) is 100 cm³/mol. The van der Waals surface area contributed by atoms with E-state index < -0.39 is 10.0 Å². The van der Waals surface area contributed by atoms with Crippen LogP contribution in [0.5, 0.6) is 5.75 Å². The first-order valence-electron chi connectivity index (χ1n) is 8.59. The summed E-state index contributed by atoms with van der Waals surface area (Å²) in [4.78, 5) is 17.2. The van der Waals surface area contributed by atoms with Gasteiger partial charge in [0.05, 0.1) is 23.6 Å². The summed E-state index contributed by atoms with van der Waals surface area (Å²) in [6.45, 7) is 0.578. The Bertz CT molecular complexity index is 1170. The Hall–Kier alpha value is -2.65. The average Bonchev–Trinajstić information content (AvgIpc) is 3.26. The van der Waals surface area contributed by atoms with Crippen LogP contribution in [-0.4, -0.2) is 47.0 Å². The van der Waals surface area contributed by atoms with E-state index in [9.17, 15) is 13.2 Å². The van der Waals surface area contributed by atoms with Gasteiger partial charge < -0.3 is 4.74 Å². The van der Waals surface area contributed by atoms with Crippen LogP contribution < -0.4 is 10.4 Å². The second-order valence-corrected chi connectivity index (χ2v) is 8.48. The summed E-state index contributed by atoms with van der Waals surface area (Å²) >= 11 is 0. The first-order chi connectivity index (χ1) is 12.9. The third-order valence-electron chi connectivity index (χ3n) is 5.02. The van der Waals surface area contributed by atoms with E-state index >= 15 is 0 Å². The molecule has 2 aromatic heterocycles. The molecule has 9 heteroatoms. The van der Waals surface area contributed by atoms with Crippen molar-refractivity contribution in [3.05, 3.63) is 53.1 Å². The molecule has 0 saturated carbocycles. The van der Waals surface area contributed by atoms with Crippen LogP contribution in [0.4, 0.5) is 0 Å². The van der Waals surface area contributed by atoms with Crippen molar-refractivity contribution in [1.29, 1.82) is 0 Å². The summed E-state index contributed by atoms with van der Waals surface area (Å²) in [5, 5.41) is 0. The molecule has 0 spiro atoms. The van der Waals surface area contributed by atoms with E-state index in [1.807, 2.05) is 6.07 Å². The molecule has 0 unspecified atom stereocenters. The zero-order valence-electron chi connectivity index (χ0n) is 15.1. The normalized spacial score (nSPS) is 18.2. The van der Waals surface area contributed by atoms with Gasteiger partial charge in [-0.05, 0) is 30.7 Å². The summed E-state index contributed by atoms with van der Waals surface area (Å²) in [5.41, 5.74) is 1.13. The number of sulfonamides is 1. The van der Waals surface area contributed by atoms with E-state index in [2.05, 4.69) is 4.98 Å². The number of methoxy groups -OCH3 is 1. The molecule has 3 heterocycles. The molecule has 1 aromatic carbocycles. The number of imidazole rings is 1. The maximum Gasteiger partial charge on any atom is 0.330 e. The molecule has 3 aromatic rings. The van der Waals surface area contributed by atoms with Crippen LogP contribution in [0, 0.1) is 0 Å². The van der Waals surface area contributed by atoms with E-state index in [0.29, 0.717) is 24.4 Å². The molecule has 0 aliphatic carbocycles. The number of fused-ring (bicyclic) bond motifs is 1. The molecule has 1 aliphatic heterocycles. The molecule has 8 nitrogen and oxygen atoms in total. The smallest absolute Gasteiger partial charge is 0.330 e. The third-order valence-corrected chi connectivity index (χ3v) is 6.88. The zero-order chi connectivity index (χ0) is 19.2. The Morgan fingerprint density at radius 3 is 2.81 bits per heavy atom. The van der Waals surface area contributed by atoms with Gasteiger partial charge in [0.25, 0.3) is 0 Å². The number of nitrogens with zero attached hydrogens (tertiary/aromatic N) is 4. The van der Waals surface area contributed by atoms with Gasteiger partial charge in [0, 0.05) is 32.4 Å². The van der Waals surface area contributed by atoms with Crippen molar-refractivity contribution in [3.63, 3.8) is 0 Å². The summed E-state index contributed by atoms with van der Waals surface area (Å²) in [5.74, 6) is 0.487. The van der Waals surface area contributed by atoms with Crippen molar-refractivity contribution >= 4 is 21.2 Å². The standard InChI is InChI=1S/C18H20N4O4S/c1-20-16-7-4-9-19-17(16)22(18(20)23)13-8-10-21(12-13)27(24,25)15-6-3-5-14(11-15)26-2/h3-7,9,11,13H,8,10,12H2,1-2H3/t13-/m1/s1. The number of aromatic nitrogens is 3. The van der Waals surface area contributed by atoms with Crippen molar-refractivity contribution in [2.45, 2.75) is 17.4 Å². The summed E-state index contributed by atoms with van der Waals surface area (Å²) in [6, 6.07) is 9.77. The van der Waals surface area contributed by atoms with Crippen LogP contribution in [0.2, 0.25) is 0 Å². The van der Waals surface area contributed by atoms with E-state index in [1.54, 1.807) is 46.6 Å². The van der Waals surface area contributed by atoms with Gasteiger partial charge in [-0.2, -0.15) is 4.31 Å². The highest BCUT2D eigenvalue weighted by molar-refractivity contribution is 7.89. The van der Waals surface area contributed by atoms with Crippen molar-refractivity contribution in [2.75, 3.05) is 20.2 Å². The topological polar surface area (TPSA) is 86.4 Å². The Morgan fingerprint density at radius 1 is 1.22 bits per heavy atom. The number of benzene rings is 1. The summed E-state index contributed by atoms with van der Waals surface area (Å²) in [7, 11) is -0.466. The Labute approximate surface area is 156 Å². The molecule has 0 radical (unpaired) electrons. The second-order valence-electron chi connectivity index (χ2n) is 6.54. The fraction of sp³-hybridized carbons (Fsp3) is 0.333. The molecule has 0 amide bonds. The van der Waals surface area contributed by atoms with Crippen molar-refractivity contribution < 1.29 is 13.2 Å². The quantitative estimate of drug-likeness (QED) is 0.674. The van der Waals surface area contributed by atoms with Crippen molar-refractivity contribution in [2.24, 2.45) is 7.05 Å². The van der Waals surface area contributed by atoms with Gasteiger partial charge in [-0.3, -0.25) is 9.13 Å². The van der Waals surface area contributed by atoms with E-state index in [1.165, 1.54) is 17.5 Å². The number of ether oxygens (including phenoxy) is 1. The minimum absolute atomic E-state index is 0.186. The Morgan fingerprint density at radius 2 is 2.04 bits per heavy atom. The number of pyridine rings is 1. The SMILES string of the molecule is COc1cccc(S(=O)(=O)N2CC[C@@H](n3c(=O)n(C)c4cccnc43)C2)c1. The highest BCUT2D eigenvalue weighted by Gasteiger charge is 2.35. The van der Waals surface area contributed by atoms with Gasteiger partial charge in [-0.25, -0.2) is 18.2 Å². The lowest BCUT2D eigenvalue weighted by atomic mass is 10.2. The summed E-state index contributed by atoms with van der Waals surface area (Å²) in [6.07, 6.45) is 2.19. The van der Waals surface area contributed by atoms with Gasteiger partial charge in [0.1, 0.15) is 5.75 Å². The second kappa shape index (κ2) is 6.50. The van der Waals surface area contributed by atoms with E-state index in [4.69, 9.17) is 4.74 Å². The third kappa shape index (κ3) is 2.83. The van der Waals surface area contributed by atoms with Crippen molar-refractivity contribution in [3.8, 4) is 5.75 Å². The average molecular weight is 388 g/mol. The van der Waals surface area contributed by atoms with Gasteiger partial charge in [0.2, 0.25) is 10.0 Å². The van der Waals surface area contributed by atoms with Gasteiger partial charge in [0.15, 0.2) is 5.65 Å². The minimum Gasteiger partial charge on any atom is -0.497 e. The fourth-order valence-electron chi connectivity index (χ4n) is 3.57. The molecule has 1 atom stereocenters. The predicted octanol–water partition coefficient (Wildman–Crippen LogP) is 1.38. The van der Waals surface area contributed by atoms with Crippen molar-refractivity contribution in [1.82, 2.24) is 18.4 Å². The van der Waals surface area contributed by atoms with Gasteiger partial charge in [-0.1, -0.05) is 6.07 Å². The molecule has 4 rings (SSSR count). The Balaban J connectivity index is 1.68. The molecule has 142 valence electrons. The maximum atomic E-state index is 13.0. The molecule has 1 saturated heterocycles. The lowest BCUT2D eigenvalue weighted by Gasteiger charge is -2.17. The Kier molecular flexibility index (Phi) is 4.27. The fourth-order valence-corrected chi connectivity index (χ4v) is 5.10. The first kappa shape index (κ1) is 17.7. The van der Waals surface area contributed by atoms with Crippen LogP contribution in [0.3, 0.4) is 0 Å². The number of rotatable bonds is 4. The largest absolute Gasteiger partial charge is 0.497 e. The molecule has 0 N–H and O–H groups in total. The van der Waals surface area contributed by atoms with Gasteiger partial charge in [-0.15, -0.1) is 0 Å².